The normalized spacial score (nSPS) is 11.3. The van der Waals surface area contributed by atoms with Crippen molar-refractivity contribution in [3.63, 3.8) is 0 Å². The fraction of sp³-hybridized carbons (Fsp3) is 0.143. The van der Waals surface area contributed by atoms with Crippen molar-refractivity contribution in [3.8, 4) is 0 Å². The van der Waals surface area contributed by atoms with Crippen molar-refractivity contribution < 1.29 is 22.8 Å². The molecule has 13 heavy (non-hydrogen) atoms. The van der Waals surface area contributed by atoms with Crippen molar-refractivity contribution in [2.24, 2.45) is 0 Å². The molecule has 0 saturated heterocycles. The lowest BCUT2D eigenvalue weighted by molar-refractivity contribution is -0.0888. The van der Waals surface area contributed by atoms with Gasteiger partial charge in [0.1, 0.15) is 0 Å². The van der Waals surface area contributed by atoms with Crippen molar-refractivity contribution in [1.29, 1.82) is 0 Å². The second-order valence-electron chi connectivity index (χ2n) is 2.27. The predicted octanol–water partition coefficient (Wildman–Crippen LogP) is 1.57. The molecule has 0 fully saturated rings. The maximum atomic E-state index is 11.8. The summed E-state index contributed by atoms with van der Waals surface area (Å²) in [5.41, 5.74) is -0.692. The maximum Gasteiger partial charge on any atom is 0.456 e. The molecule has 0 amide bonds. The van der Waals surface area contributed by atoms with Crippen LogP contribution in [-0.4, -0.2) is 23.2 Å². The number of hydrogen-bond donors (Lipinski definition) is 1. The molecule has 0 aliphatic heterocycles. The monoisotopic (exact) mass is 191 g/mol. The summed E-state index contributed by atoms with van der Waals surface area (Å²) >= 11 is 0. The van der Waals surface area contributed by atoms with Gasteiger partial charge in [-0.15, -0.1) is 0 Å². The Morgan fingerprint density at radius 1 is 1.38 bits per heavy atom. The Kier molecular flexibility index (Phi) is 2.22. The molecule has 1 aromatic heterocycles. The van der Waals surface area contributed by atoms with Crippen molar-refractivity contribution in [1.82, 2.24) is 4.98 Å². The number of aromatic amines is 1. The number of halogens is 3. The minimum atomic E-state index is -4.91. The van der Waals surface area contributed by atoms with E-state index in [2.05, 4.69) is 0 Å². The van der Waals surface area contributed by atoms with E-state index in [1.54, 1.807) is 0 Å². The highest BCUT2D eigenvalue weighted by atomic mass is 19.4. The fourth-order valence-electron chi connectivity index (χ4n) is 0.766. The Bertz CT molecular complexity index is 340. The molecule has 6 heteroatoms. The van der Waals surface area contributed by atoms with E-state index >= 15 is 0 Å². The average molecular weight is 191 g/mol. The summed E-state index contributed by atoms with van der Waals surface area (Å²) in [6.07, 6.45) is -4.59. The smallest absolute Gasteiger partial charge is 0.350 e. The van der Waals surface area contributed by atoms with Gasteiger partial charge in [-0.3, -0.25) is 9.59 Å². The van der Waals surface area contributed by atoms with Crippen LogP contribution in [0.5, 0.6) is 0 Å². The van der Waals surface area contributed by atoms with Crippen LogP contribution < -0.4 is 0 Å². The molecule has 0 bridgehead atoms. The van der Waals surface area contributed by atoms with Crippen molar-refractivity contribution in [2.45, 2.75) is 6.18 Å². The van der Waals surface area contributed by atoms with E-state index in [0.717, 1.165) is 12.1 Å². The molecule has 1 heterocycles. The first-order valence-corrected chi connectivity index (χ1v) is 3.21. The molecule has 0 spiro atoms. The summed E-state index contributed by atoms with van der Waals surface area (Å²) in [5, 5.41) is 0. The van der Waals surface area contributed by atoms with E-state index < -0.39 is 17.7 Å². The number of rotatable bonds is 2. The Hall–Kier alpha value is -1.59. The van der Waals surface area contributed by atoms with Crippen molar-refractivity contribution in [2.75, 3.05) is 0 Å². The summed E-state index contributed by atoms with van der Waals surface area (Å²) in [6.45, 7) is 0. The Morgan fingerprint density at radius 3 is 2.38 bits per heavy atom. The van der Waals surface area contributed by atoms with Gasteiger partial charge in [0.05, 0.1) is 11.4 Å². The van der Waals surface area contributed by atoms with Gasteiger partial charge >= 0.3 is 6.18 Å². The molecule has 0 aliphatic rings. The van der Waals surface area contributed by atoms with Crippen molar-refractivity contribution in [3.05, 3.63) is 23.5 Å². The van der Waals surface area contributed by atoms with Crippen LogP contribution in [0.4, 0.5) is 13.2 Å². The predicted molar refractivity (Wildman–Crippen MR) is 36.6 cm³/mol. The first kappa shape index (κ1) is 9.50. The SMILES string of the molecule is O=Cc1ccc(C(=O)C(F)(F)F)[nH]1. The largest absolute Gasteiger partial charge is 0.456 e. The molecule has 0 saturated carbocycles. The zero-order valence-corrected chi connectivity index (χ0v) is 6.18. The number of carbonyl (C=O) groups is 2. The summed E-state index contributed by atoms with van der Waals surface area (Å²) < 4.78 is 35.4. The third-order valence-corrected chi connectivity index (χ3v) is 1.34. The first-order chi connectivity index (χ1) is 5.95. The Balaban J connectivity index is 2.96. The molecule has 1 rings (SSSR count). The van der Waals surface area contributed by atoms with Crippen LogP contribution in [0.3, 0.4) is 0 Å². The van der Waals surface area contributed by atoms with E-state index in [1.807, 2.05) is 4.98 Å². The van der Waals surface area contributed by atoms with E-state index in [-0.39, 0.29) is 5.69 Å². The highest BCUT2D eigenvalue weighted by Crippen LogP contribution is 2.20. The molecule has 70 valence electrons. The van der Waals surface area contributed by atoms with Crippen LogP contribution in [-0.2, 0) is 0 Å². The quantitative estimate of drug-likeness (QED) is 0.569. The molecular weight excluding hydrogens is 187 g/mol. The Morgan fingerprint density at radius 2 is 2.00 bits per heavy atom. The van der Waals surface area contributed by atoms with E-state index in [1.165, 1.54) is 0 Å². The number of H-pyrrole nitrogens is 1. The van der Waals surface area contributed by atoms with Gasteiger partial charge in [-0.05, 0) is 12.1 Å². The molecule has 1 aromatic rings. The molecule has 0 unspecified atom stereocenters. The number of carbonyl (C=O) groups excluding carboxylic acids is 2. The van der Waals surface area contributed by atoms with Gasteiger partial charge < -0.3 is 4.98 Å². The lowest BCUT2D eigenvalue weighted by atomic mass is 10.3. The second-order valence-corrected chi connectivity index (χ2v) is 2.27. The molecule has 0 atom stereocenters. The molecule has 1 N–H and O–H groups in total. The summed E-state index contributed by atoms with van der Waals surface area (Å²) in [7, 11) is 0. The average Bonchev–Trinajstić information content (AvgIpc) is 2.48. The number of aromatic nitrogens is 1. The summed E-state index contributed by atoms with van der Waals surface area (Å²) in [6, 6.07) is 2.02. The zero-order chi connectivity index (χ0) is 10.1. The highest BCUT2D eigenvalue weighted by Gasteiger charge is 2.40. The van der Waals surface area contributed by atoms with E-state index in [0.29, 0.717) is 6.29 Å². The standard InChI is InChI=1S/C7H4F3NO2/c8-7(9,10)6(13)5-2-1-4(3-12)11-5/h1-3,11H. The maximum absolute atomic E-state index is 11.8. The first-order valence-electron chi connectivity index (χ1n) is 3.21. The molecule has 0 radical (unpaired) electrons. The van der Waals surface area contributed by atoms with Crippen LogP contribution in [0.15, 0.2) is 12.1 Å². The third-order valence-electron chi connectivity index (χ3n) is 1.34. The molecule has 0 aromatic carbocycles. The zero-order valence-electron chi connectivity index (χ0n) is 6.18. The Labute approximate surface area is 70.6 Å². The topological polar surface area (TPSA) is 49.9 Å². The van der Waals surface area contributed by atoms with Gasteiger partial charge in [-0.25, -0.2) is 0 Å². The number of alkyl halides is 3. The van der Waals surface area contributed by atoms with Gasteiger partial charge in [0.2, 0.25) is 0 Å². The highest BCUT2D eigenvalue weighted by molar-refractivity contribution is 5.99. The van der Waals surface area contributed by atoms with Crippen LogP contribution in [0.25, 0.3) is 0 Å². The van der Waals surface area contributed by atoms with Gasteiger partial charge in [0.25, 0.3) is 5.78 Å². The minimum absolute atomic E-state index is 0.0624. The van der Waals surface area contributed by atoms with Crippen molar-refractivity contribution >= 4 is 12.1 Å². The lowest BCUT2D eigenvalue weighted by Crippen LogP contribution is -2.23. The molecule has 0 aliphatic carbocycles. The van der Waals surface area contributed by atoms with Crippen LogP contribution >= 0.6 is 0 Å². The lowest BCUT2D eigenvalue weighted by Gasteiger charge is -2.01. The number of ketones is 1. The van der Waals surface area contributed by atoms with Gasteiger partial charge in [0.15, 0.2) is 6.29 Å². The molecular formula is C7H4F3NO2. The fourth-order valence-corrected chi connectivity index (χ4v) is 0.766. The van der Waals surface area contributed by atoms with E-state index in [9.17, 15) is 22.8 Å². The van der Waals surface area contributed by atoms with Crippen LogP contribution in [0, 0.1) is 0 Å². The minimum Gasteiger partial charge on any atom is -0.350 e. The van der Waals surface area contributed by atoms with Gasteiger partial charge in [-0.1, -0.05) is 0 Å². The molecule has 3 nitrogen and oxygen atoms in total. The number of nitrogens with one attached hydrogen (secondary N) is 1. The van der Waals surface area contributed by atoms with Crippen LogP contribution in [0.1, 0.15) is 21.0 Å². The van der Waals surface area contributed by atoms with E-state index in [4.69, 9.17) is 0 Å². The summed E-state index contributed by atoms with van der Waals surface area (Å²) in [5.74, 6) is -1.99. The number of Topliss-reactive ketones (excluding diaryl/α,β-unsaturated/α-hetero) is 1. The second kappa shape index (κ2) is 3.04. The number of aldehydes is 1. The third kappa shape index (κ3) is 1.95. The number of hydrogen-bond acceptors (Lipinski definition) is 2. The van der Waals surface area contributed by atoms with Crippen LogP contribution in [0.2, 0.25) is 0 Å². The van der Waals surface area contributed by atoms with Gasteiger partial charge in [0, 0.05) is 0 Å². The summed E-state index contributed by atoms with van der Waals surface area (Å²) in [4.78, 5) is 22.6. The van der Waals surface area contributed by atoms with Gasteiger partial charge in [-0.2, -0.15) is 13.2 Å².